The van der Waals surface area contributed by atoms with Crippen LogP contribution in [0.15, 0.2) is 12.4 Å². The summed E-state index contributed by atoms with van der Waals surface area (Å²) in [5, 5.41) is 10.6. The fourth-order valence-corrected chi connectivity index (χ4v) is 2.00. The van der Waals surface area contributed by atoms with E-state index in [1.807, 2.05) is 13.1 Å². The molecule has 2 N–H and O–H groups in total. The lowest BCUT2D eigenvalue weighted by Gasteiger charge is -2.03. The average Bonchev–Trinajstić information content (AvgIpc) is 3.01. The minimum absolute atomic E-state index is 0.123. The van der Waals surface area contributed by atoms with E-state index in [0.717, 1.165) is 11.3 Å². The Labute approximate surface area is 104 Å². The van der Waals surface area contributed by atoms with E-state index >= 15 is 0 Å². The molecule has 6 heteroatoms. The standard InChI is InChI=1S/C12H15N5O/c1-7-11(15-16-17(7)2)14-12(18)10-6-13-5-9(10)8-3-4-8/h5-6,8,13H,3-4H2,1-2H3,(H,14,18). The molecule has 94 valence electrons. The van der Waals surface area contributed by atoms with Gasteiger partial charge < -0.3 is 10.3 Å². The van der Waals surface area contributed by atoms with Gasteiger partial charge in [0.05, 0.1) is 11.3 Å². The highest BCUT2D eigenvalue weighted by atomic mass is 16.1. The molecular weight excluding hydrogens is 230 g/mol. The normalized spacial score (nSPS) is 14.8. The number of H-pyrrole nitrogens is 1. The van der Waals surface area contributed by atoms with E-state index in [-0.39, 0.29) is 5.91 Å². The lowest BCUT2D eigenvalue weighted by atomic mass is 10.1. The molecule has 0 spiro atoms. The van der Waals surface area contributed by atoms with Crippen LogP contribution in [0.5, 0.6) is 0 Å². The Balaban J connectivity index is 1.82. The first-order valence-corrected chi connectivity index (χ1v) is 6.01. The number of carbonyl (C=O) groups excluding carboxylic acids is 1. The molecule has 3 rings (SSSR count). The zero-order chi connectivity index (χ0) is 12.7. The Hall–Kier alpha value is -2.11. The third kappa shape index (κ3) is 1.79. The number of aromatic amines is 1. The molecule has 0 aliphatic heterocycles. The highest BCUT2D eigenvalue weighted by Crippen LogP contribution is 2.41. The molecule has 2 aromatic rings. The number of nitrogens with zero attached hydrogens (tertiary/aromatic N) is 3. The maximum Gasteiger partial charge on any atom is 0.258 e. The van der Waals surface area contributed by atoms with Crippen LogP contribution in [0.1, 0.15) is 40.4 Å². The number of rotatable bonds is 3. The van der Waals surface area contributed by atoms with Gasteiger partial charge in [0.2, 0.25) is 0 Å². The van der Waals surface area contributed by atoms with Gasteiger partial charge in [0, 0.05) is 19.4 Å². The summed E-state index contributed by atoms with van der Waals surface area (Å²) in [6.07, 6.45) is 6.00. The lowest BCUT2D eigenvalue weighted by Crippen LogP contribution is -2.14. The summed E-state index contributed by atoms with van der Waals surface area (Å²) >= 11 is 0. The van der Waals surface area contributed by atoms with E-state index < -0.39 is 0 Å². The van der Waals surface area contributed by atoms with Crippen molar-refractivity contribution in [3.63, 3.8) is 0 Å². The van der Waals surface area contributed by atoms with Crippen LogP contribution in [-0.2, 0) is 7.05 Å². The first-order chi connectivity index (χ1) is 8.66. The van der Waals surface area contributed by atoms with E-state index in [1.54, 1.807) is 17.9 Å². The van der Waals surface area contributed by atoms with Crippen LogP contribution in [0.3, 0.4) is 0 Å². The lowest BCUT2D eigenvalue weighted by molar-refractivity contribution is 0.102. The summed E-state index contributed by atoms with van der Waals surface area (Å²) in [5.74, 6) is 0.937. The summed E-state index contributed by atoms with van der Waals surface area (Å²) in [6, 6.07) is 0. The fourth-order valence-electron chi connectivity index (χ4n) is 2.00. The van der Waals surface area contributed by atoms with Crippen LogP contribution < -0.4 is 5.32 Å². The van der Waals surface area contributed by atoms with E-state index in [0.29, 0.717) is 17.3 Å². The number of carbonyl (C=O) groups is 1. The highest BCUT2D eigenvalue weighted by Gasteiger charge is 2.29. The molecule has 2 heterocycles. The number of aromatic nitrogens is 4. The molecule has 18 heavy (non-hydrogen) atoms. The van der Waals surface area contributed by atoms with Gasteiger partial charge in [-0.05, 0) is 31.2 Å². The Morgan fingerprint density at radius 3 is 2.89 bits per heavy atom. The molecule has 0 atom stereocenters. The molecule has 0 radical (unpaired) electrons. The van der Waals surface area contributed by atoms with Crippen molar-refractivity contribution in [2.24, 2.45) is 7.05 Å². The average molecular weight is 245 g/mol. The van der Waals surface area contributed by atoms with Crippen LogP contribution in [-0.4, -0.2) is 25.9 Å². The molecule has 1 aliphatic rings. The monoisotopic (exact) mass is 245 g/mol. The summed E-state index contributed by atoms with van der Waals surface area (Å²) < 4.78 is 1.63. The SMILES string of the molecule is Cc1c(NC(=O)c2c[nH]cc2C2CC2)nnn1C. The van der Waals surface area contributed by atoms with Gasteiger partial charge in [0.15, 0.2) is 5.82 Å². The molecular formula is C12H15N5O. The Morgan fingerprint density at radius 2 is 2.28 bits per heavy atom. The van der Waals surface area contributed by atoms with Gasteiger partial charge >= 0.3 is 0 Å². The Morgan fingerprint density at radius 1 is 1.50 bits per heavy atom. The van der Waals surface area contributed by atoms with Gasteiger partial charge in [-0.2, -0.15) is 0 Å². The number of anilines is 1. The van der Waals surface area contributed by atoms with Crippen LogP contribution in [0.25, 0.3) is 0 Å². The highest BCUT2D eigenvalue weighted by molar-refractivity contribution is 6.05. The Kier molecular flexibility index (Phi) is 2.43. The summed E-state index contributed by atoms with van der Waals surface area (Å²) in [4.78, 5) is 15.2. The second-order valence-electron chi connectivity index (χ2n) is 4.70. The van der Waals surface area contributed by atoms with E-state index in [1.165, 1.54) is 12.8 Å². The molecule has 1 saturated carbocycles. The minimum Gasteiger partial charge on any atom is -0.367 e. The fraction of sp³-hybridized carbons (Fsp3) is 0.417. The third-order valence-electron chi connectivity index (χ3n) is 3.38. The van der Waals surface area contributed by atoms with Gasteiger partial charge in [-0.1, -0.05) is 5.21 Å². The van der Waals surface area contributed by atoms with Gasteiger partial charge in [0.25, 0.3) is 5.91 Å². The van der Waals surface area contributed by atoms with E-state index in [4.69, 9.17) is 0 Å². The third-order valence-corrected chi connectivity index (χ3v) is 3.38. The summed E-state index contributed by atoms with van der Waals surface area (Å²) in [5.41, 5.74) is 2.66. The van der Waals surface area contributed by atoms with Gasteiger partial charge in [0.1, 0.15) is 0 Å². The van der Waals surface area contributed by atoms with E-state index in [9.17, 15) is 4.79 Å². The second kappa shape index (κ2) is 3.97. The molecule has 2 aromatic heterocycles. The predicted molar refractivity (Wildman–Crippen MR) is 66.5 cm³/mol. The molecule has 1 fully saturated rings. The maximum atomic E-state index is 12.2. The van der Waals surface area contributed by atoms with Crippen molar-refractivity contribution in [2.45, 2.75) is 25.7 Å². The largest absolute Gasteiger partial charge is 0.367 e. The molecule has 6 nitrogen and oxygen atoms in total. The van der Waals surface area contributed by atoms with Crippen molar-refractivity contribution in [3.8, 4) is 0 Å². The summed E-state index contributed by atoms with van der Waals surface area (Å²) in [6.45, 7) is 1.87. The van der Waals surface area contributed by atoms with Crippen molar-refractivity contribution in [1.29, 1.82) is 0 Å². The summed E-state index contributed by atoms with van der Waals surface area (Å²) in [7, 11) is 1.80. The van der Waals surface area contributed by atoms with Crippen LogP contribution in [0.2, 0.25) is 0 Å². The zero-order valence-corrected chi connectivity index (χ0v) is 10.4. The van der Waals surface area contributed by atoms with Crippen LogP contribution >= 0.6 is 0 Å². The number of amides is 1. The molecule has 0 bridgehead atoms. The molecule has 0 unspecified atom stereocenters. The zero-order valence-electron chi connectivity index (χ0n) is 10.4. The number of nitrogens with one attached hydrogen (secondary N) is 2. The van der Waals surface area contributed by atoms with Crippen molar-refractivity contribution in [1.82, 2.24) is 20.0 Å². The second-order valence-corrected chi connectivity index (χ2v) is 4.70. The predicted octanol–water partition coefficient (Wildman–Crippen LogP) is 1.58. The van der Waals surface area contributed by atoms with Gasteiger partial charge in [-0.3, -0.25) is 9.48 Å². The maximum absolute atomic E-state index is 12.2. The van der Waals surface area contributed by atoms with Crippen molar-refractivity contribution in [2.75, 3.05) is 5.32 Å². The number of hydrogen-bond donors (Lipinski definition) is 2. The quantitative estimate of drug-likeness (QED) is 0.862. The smallest absolute Gasteiger partial charge is 0.258 e. The van der Waals surface area contributed by atoms with E-state index in [2.05, 4.69) is 20.6 Å². The van der Waals surface area contributed by atoms with Crippen LogP contribution in [0.4, 0.5) is 5.82 Å². The minimum atomic E-state index is -0.123. The molecule has 1 amide bonds. The molecule has 1 aliphatic carbocycles. The van der Waals surface area contributed by atoms with Crippen molar-refractivity contribution >= 4 is 11.7 Å². The van der Waals surface area contributed by atoms with Gasteiger partial charge in [-0.25, -0.2) is 0 Å². The molecule has 0 saturated heterocycles. The van der Waals surface area contributed by atoms with Crippen molar-refractivity contribution in [3.05, 3.63) is 29.2 Å². The topological polar surface area (TPSA) is 75.6 Å². The van der Waals surface area contributed by atoms with Gasteiger partial charge in [-0.15, -0.1) is 5.10 Å². The van der Waals surface area contributed by atoms with Crippen LogP contribution in [0, 0.1) is 6.92 Å². The number of hydrogen-bond acceptors (Lipinski definition) is 3. The first kappa shape index (κ1) is 11.0. The molecule has 0 aromatic carbocycles. The van der Waals surface area contributed by atoms with Crippen molar-refractivity contribution < 1.29 is 4.79 Å². The first-order valence-electron chi connectivity index (χ1n) is 6.01. The number of aryl methyl sites for hydroxylation is 1. The Bertz CT molecular complexity index is 593.